The molecule has 1 nitrogen and oxygen atoms in total. The van der Waals surface area contributed by atoms with Crippen LogP contribution >= 0.6 is 0 Å². The number of rotatable bonds is 3. The molecule has 1 fully saturated rings. The summed E-state index contributed by atoms with van der Waals surface area (Å²) in [6.07, 6.45) is 4.48. The lowest BCUT2D eigenvalue weighted by Crippen LogP contribution is -2.25. The van der Waals surface area contributed by atoms with Gasteiger partial charge >= 0.3 is 0 Å². The molecular formula is C20H22O. The van der Waals surface area contributed by atoms with Gasteiger partial charge in [0.25, 0.3) is 0 Å². The van der Waals surface area contributed by atoms with Crippen molar-refractivity contribution in [1.82, 2.24) is 0 Å². The minimum Gasteiger partial charge on any atom is -0.392 e. The summed E-state index contributed by atoms with van der Waals surface area (Å²) in [6.45, 7) is 0. The number of aryl methyl sites for hydroxylation is 1. The highest BCUT2D eigenvalue weighted by Gasteiger charge is 2.46. The zero-order chi connectivity index (χ0) is 14.2. The molecule has 2 aromatic rings. The summed E-state index contributed by atoms with van der Waals surface area (Å²) in [7, 11) is 0. The van der Waals surface area contributed by atoms with E-state index in [-0.39, 0.29) is 6.10 Å². The van der Waals surface area contributed by atoms with Gasteiger partial charge in [0.2, 0.25) is 0 Å². The van der Waals surface area contributed by atoms with Crippen LogP contribution in [0.5, 0.6) is 0 Å². The Labute approximate surface area is 126 Å². The summed E-state index contributed by atoms with van der Waals surface area (Å²) in [5.74, 6) is 1.35. The number of hydrogen-bond donors (Lipinski definition) is 1. The third-order valence-electron chi connectivity index (χ3n) is 5.33. The molecule has 4 rings (SSSR count). The average molecular weight is 278 g/mol. The number of benzene rings is 2. The normalized spacial score (nSPS) is 28.7. The predicted molar refractivity (Wildman–Crippen MR) is 85.4 cm³/mol. The third kappa shape index (κ3) is 2.40. The van der Waals surface area contributed by atoms with Gasteiger partial charge in [0, 0.05) is 5.92 Å². The maximum absolute atomic E-state index is 10.9. The van der Waals surface area contributed by atoms with Crippen LogP contribution in [0.15, 0.2) is 54.6 Å². The summed E-state index contributed by atoms with van der Waals surface area (Å²) in [6, 6.07) is 19.4. The molecule has 4 atom stereocenters. The molecule has 1 heteroatoms. The van der Waals surface area contributed by atoms with Crippen LogP contribution in [0.25, 0.3) is 0 Å². The van der Waals surface area contributed by atoms with E-state index in [0.717, 1.165) is 12.8 Å². The summed E-state index contributed by atoms with van der Waals surface area (Å²) < 4.78 is 0. The molecule has 0 heterocycles. The van der Waals surface area contributed by atoms with Crippen molar-refractivity contribution in [3.63, 3.8) is 0 Å². The van der Waals surface area contributed by atoms with Gasteiger partial charge in [-0.05, 0) is 54.2 Å². The molecular weight excluding hydrogens is 256 g/mol. The van der Waals surface area contributed by atoms with E-state index in [1.54, 1.807) is 0 Å². The van der Waals surface area contributed by atoms with E-state index >= 15 is 0 Å². The van der Waals surface area contributed by atoms with Crippen LogP contribution in [-0.4, -0.2) is 11.2 Å². The van der Waals surface area contributed by atoms with Gasteiger partial charge in [0.1, 0.15) is 0 Å². The Bertz CT molecular complexity index is 619. The molecule has 1 N–H and O–H groups in total. The molecule has 0 aromatic heterocycles. The van der Waals surface area contributed by atoms with Gasteiger partial charge in [-0.15, -0.1) is 0 Å². The van der Waals surface area contributed by atoms with Gasteiger partial charge in [0.15, 0.2) is 0 Å². The third-order valence-corrected chi connectivity index (χ3v) is 5.33. The number of aliphatic hydroxyl groups is 1. The monoisotopic (exact) mass is 278 g/mol. The SMILES string of the molecule is OC(C1CCCc2ccccc21)C1CC1c1ccccc1. The minimum atomic E-state index is -0.184. The minimum absolute atomic E-state index is 0.184. The van der Waals surface area contributed by atoms with Crippen LogP contribution in [0.2, 0.25) is 0 Å². The molecule has 0 amide bonds. The second-order valence-corrected chi connectivity index (χ2v) is 6.60. The molecule has 2 aliphatic carbocycles. The second-order valence-electron chi connectivity index (χ2n) is 6.60. The van der Waals surface area contributed by atoms with Crippen LogP contribution < -0.4 is 0 Å². The molecule has 0 aliphatic heterocycles. The van der Waals surface area contributed by atoms with E-state index in [4.69, 9.17) is 0 Å². The largest absolute Gasteiger partial charge is 0.392 e. The van der Waals surface area contributed by atoms with E-state index < -0.39 is 0 Å². The topological polar surface area (TPSA) is 20.2 Å². The first-order valence-corrected chi connectivity index (χ1v) is 8.15. The fourth-order valence-corrected chi connectivity index (χ4v) is 4.12. The van der Waals surface area contributed by atoms with Gasteiger partial charge < -0.3 is 5.11 Å². The maximum atomic E-state index is 10.9. The quantitative estimate of drug-likeness (QED) is 0.889. The van der Waals surface area contributed by atoms with Crippen molar-refractivity contribution < 1.29 is 5.11 Å². The fourth-order valence-electron chi connectivity index (χ4n) is 4.12. The second kappa shape index (κ2) is 5.31. The number of aliphatic hydroxyl groups excluding tert-OH is 1. The molecule has 21 heavy (non-hydrogen) atoms. The first-order chi connectivity index (χ1) is 10.3. The molecule has 4 unspecified atom stereocenters. The van der Waals surface area contributed by atoms with Crippen LogP contribution in [0, 0.1) is 5.92 Å². The number of hydrogen-bond acceptors (Lipinski definition) is 1. The maximum Gasteiger partial charge on any atom is 0.0643 e. The lowest BCUT2D eigenvalue weighted by molar-refractivity contribution is 0.110. The van der Waals surface area contributed by atoms with Crippen molar-refractivity contribution in [2.24, 2.45) is 5.92 Å². The zero-order valence-corrected chi connectivity index (χ0v) is 12.3. The van der Waals surface area contributed by atoms with Crippen molar-refractivity contribution in [1.29, 1.82) is 0 Å². The molecule has 2 aliphatic rings. The molecule has 0 saturated heterocycles. The van der Waals surface area contributed by atoms with E-state index in [1.807, 2.05) is 0 Å². The van der Waals surface area contributed by atoms with Crippen molar-refractivity contribution in [3.8, 4) is 0 Å². The fraction of sp³-hybridized carbons (Fsp3) is 0.400. The van der Waals surface area contributed by atoms with Gasteiger partial charge in [-0.3, -0.25) is 0 Å². The lowest BCUT2D eigenvalue weighted by Gasteiger charge is -2.29. The highest BCUT2D eigenvalue weighted by Crippen LogP contribution is 2.53. The summed E-state index contributed by atoms with van der Waals surface area (Å²) in [5.41, 5.74) is 4.24. The molecule has 0 bridgehead atoms. The predicted octanol–water partition coefficient (Wildman–Crippen LogP) is 4.27. The summed E-state index contributed by atoms with van der Waals surface area (Å²) in [4.78, 5) is 0. The molecule has 2 aromatic carbocycles. The van der Waals surface area contributed by atoms with Crippen molar-refractivity contribution in [3.05, 3.63) is 71.3 Å². The summed E-state index contributed by atoms with van der Waals surface area (Å²) in [5, 5.41) is 10.9. The average Bonchev–Trinajstić information content (AvgIpc) is 3.35. The first kappa shape index (κ1) is 13.1. The Kier molecular flexibility index (Phi) is 3.31. The van der Waals surface area contributed by atoms with E-state index in [2.05, 4.69) is 54.6 Å². The Morgan fingerprint density at radius 1 is 0.952 bits per heavy atom. The van der Waals surface area contributed by atoms with Crippen LogP contribution in [-0.2, 0) is 6.42 Å². The lowest BCUT2D eigenvalue weighted by atomic mass is 9.78. The smallest absolute Gasteiger partial charge is 0.0643 e. The highest BCUT2D eigenvalue weighted by molar-refractivity contribution is 5.35. The Morgan fingerprint density at radius 3 is 2.57 bits per heavy atom. The van der Waals surface area contributed by atoms with Gasteiger partial charge in [-0.25, -0.2) is 0 Å². The molecule has 108 valence electrons. The standard InChI is InChI=1S/C20H22O/c21-20(19-13-18(19)15-7-2-1-3-8-15)17-12-6-10-14-9-4-5-11-16(14)17/h1-5,7-9,11,17-21H,6,10,12-13H2. The first-order valence-electron chi connectivity index (χ1n) is 8.15. The molecule has 0 radical (unpaired) electrons. The summed E-state index contributed by atoms with van der Waals surface area (Å²) >= 11 is 0. The van der Waals surface area contributed by atoms with E-state index in [9.17, 15) is 5.11 Å². The zero-order valence-electron chi connectivity index (χ0n) is 12.3. The van der Waals surface area contributed by atoms with Gasteiger partial charge in [-0.2, -0.15) is 0 Å². The van der Waals surface area contributed by atoms with E-state index in [0.29, 0.717) is 17.8 Å². The van der Waals surface area contributed by atoms with Gasteiger partial charge in [0.05, 0.1) is 6.10 Å². The highest BCUT2D eigenvalue weighted by atomic mass is 16.3. The van der Waals surface area contributed by atoms with Crippen LogP contribution in [0.1, 0.15) is 47.8 Å². The Morgan fingerprint density at radius 2 is 1.71 bits per heavy atom. The van der Waals surface area contributed by atoms with Crippen LogP contribution in [0.3, 0.4) is 0 Å². The van der Waals surface area contributed by atoms with Gasteiger partial charge in [-0.1, -0.05) is 54.6 Å². The Hall–Kier alpha value is -1.60. The van der Waals surface area contributed by atoms with Crippen molar-refractivity contribution in [2.45, 2.75) is 43.6 Å². The van der Waals surface area contributed by atoms with Crippen LogP contribution in [0.4, 0.5) is 0 Å². The van der Waals surface area contributed by atoms with Crippen molar-refractivity contribution in [2.75, 3.05) is 0 Å². The molecule has 1 saturated carbocycles. The van der Waals surface area contributed by atoms with Crippen molar-refractivity contribution >= 4 is 0 Å². The number of fused-ring (bicyclic) bond motifs is 1. The van der Waals surface area contributed by atoms with E-state index in [1.165, 1.54) is 29.5 Å². The molecule has 0 spiro atoms. The Balaban J connectivity index is 1.54.